The molecule has 2 aliphatic heterocycles. The molecule has 0 radical (unpaired) electrons. The smallest absolute Gasteiger partial charge is 0.335 e. The van der Waals surface area contributed by atoms with Crippen molar-refractivity contribution in [1.82, 2.24) is 5.32 Å². The van der Waals surface area contributed by atoms with Gasteiger partial charge in [0.1, 0.15) is 5.57 Å². The average Bonchev–Trinajstić information content (AvgIpc) is 3.28. The number of nitrogens with one attached hydrogen (secondary N) is 1. The molecule has 4 bridgehead atoms. The normalized spacial score (nSPS) is 31.4. The number of benzene rings is 2. The number of urea groups is 1. The van der Waals surface area contributed by atoms with Crippen LogP contribution in [0.2, 0.25) is 5.02 Å². The molecule has 7 nitrogen and oxygen atoms in total. The highest BCUT2D eigenvalue weighted by Gasteiger charge is 2.51. The van der Waals surface area contributed by atoms with E-state index in [1.165, 1.54) is 50.2 Å². The van der Waals surface area contributed by atoms with E-state index in [9.17, 15) is 14.4 Å². The third-order valence-corrected chi connectivity index (χ3v) is 9.00. The van der Waals surface area contributed by atoms with Crippen LogP contribution in [0.4, 0.5) is 10.5 Å². The van der Waals surface area contributed by atoms with Crippen LogP contribution in [0.3, 0.4) is 0 Å². The Balaban J connectivity index is 1.19. The number of ether oxygens (including phenoxy) is 2. The van der Waals surface area contributed by atoms with Gasteiger partial charge in [0.15, 0.2) is 11.5 Å². The van der Waals surface area contributed by atoms with Gasteiger partial charge in [0, 0.05) is 6.07 Å². The second kappa shape index (κ2) is 7.84. The minimum Gasteiger partial charge on any atom is -0.454 e. The van der Waals surface area contributed by atoms with E-state index < -0.39 is 17.8 Å². The van der Waals surface area contributed by atoms with Crippen LogP contribution in [0.5, 0.6) is 11.5 Å². The highest BCUT2D eigenvalue weighted by molar-refractivity contribution is 6.40. The van der Waals surface area contributed by atoms with Crippen LogP contribution in [-0.4, -0.2) is 24.6 Å². The summed E-state index contributed by atoms with van der Waals surface area (Å²) in [6.07, 6.45) is 9.20. The molecule has 0 spiro atoms. The van der Waals surface area contributed by atoms with E-state index in [1.807, 2.05) is 12.1 Å². The molecule has 1 N–H and O–H groups in total. The summed E-state index contributed by atoms with van der Waals surface area (Å²) >= 11 is 6.35. The molecular formula is C28H25ClN2O5. The third-order valence-electron chi connectivity index (χ3n) is 8.67. The Hall–Kier alpha value is -3.32. The third kappa shape index (κ3) is 3.36. The summed E-state index contributed by atoms with van der Waals surface area (Å²) in [5, 5.41) is 2.59. The van der Waals surface area contributed by atoms with E-state index in [0.29, 0.717) is 27.8 Å². The molecule has 5 fully saturated rings. The van der Waals surface area contributed by atoms with Crippen molar-refractivity contribution in [2.24, 2.45) is 17.8 Å². The molecule has 0 atom stereocenters. The maximum atomic E-state index is 13.4. The lowest BCUT2D eigenvalue weighted by Crippen LogP contribution is -2.54. The lowest BCUT2D eigenvalue weighted by molar-refractivity contribution is -0.122. The molecule has 2 heterocycles. The fraction of sp³-hybridized carbons (Fsp3) is 0.393. The first-order valence-corrected chi connectivity index (χ1v) is 12.9. The molecule has 184 valence electrons. The average molecular weight is 505 g/mol. The Morgan fingerprint density at radius 3 is 2.17 bits per heavy atom. The number of rotatable bonds is 3. The number of hydrogen-bond donors (Lipinski definition) is 1. The fourth-order valence-electron chi connectivity index (χ4n) is 7.52. The second-order valence-electron chi connectivity index (χ2n) is 10.9. The summed E-state index contributed by atoms with van der Waals surface area (Å²) in [4.78, 5) is 39.7. The second-order valence-corrected chi connectivity index (χ2v) is 11.3. The first-order valence-electron chi connectivity index (χ1n) is 12.5. The van der Waals surface area contributed by atoms with E-state index in [4.69, 9.17) is 21.1 Å². The molecule has 36 heavy (non-hydrogen) atoms. The quantitative estimate of drug-likeness (QED) is 0.458. The number of barbiturate groups is 1. The van der Waals surface area contributed by atoms with Gasteiger partial charge in [0.05, 0.1) is 10.7 Å². The predicted molar refractivity (Wildman–Crippen MR) is 133 cm³/mol. The van der Waals surface area contributed by atoms with Gasteiger partial charge in [-0.05, 0) is 97.1 Å². The number of halogens is 1. The van der Waals surface area contributed by atoms with Gasteiger partial charge in [-0.3, -0.25) is 14.9 Å². The summed E-state index contributed by atoms with van der Waals surface area (Å²) in [6, 6.07) is 10.2. The van der Waals surface area contributed by atoms with Crippen LogP contribution in [0.15, 0.2) is 42.0 Å². The van der Waals surface area contributed by atoms with Crippen LogP contribution in [0, 0.1) is 17.8 Å². The van der Waals surface area contributed by atoms with Gasteiger partial charge >= 0.3 is 6.03 Å². The van der Waals surface area contributed by atoms with Gasteiger partial charge < -0.3 is 9.47 Å². The maximum absolute atomic E-state index is 13.4. The van der Waals surface area contributed by atoms with E-state index >= 15 is 0 Å². The van der Waals surface area contributed by atoms with Gasteiger partial charge in [-0.15, -0.1) is 0 Å². The summed E-state index contributed by atoms with van der Waals surface area (Å²) < 4.78 is 10.7. The van der Waals surface area contributed by atoms with E-state index in [-0.39, 0.29) is 17.8 Å². The summed E-state index contributed by atoms with van der Waals surface area (Å²) in [7, 11) is 0. The van der Waals surface area contributed by atoms with Crippen LogP contribution >= 0.6 is 11.6 Å². The van der Waals surface area contributed by atoms with Crippen LogP contribution < -0.4 is 19.7 Å². The number of carbonyl (C=O) groups excluding carboxylic acids is 3. The number of fused-ring (bicyclic) bond motifs is 1. The molecule has 2 aromatic carbocycles. The van der Waals surface area contributed by atoms with Crippen molar-refractivity contribution in [1.29, 1.82) is 0 Å². The minimum absolute atomic E-state index is 0.0760. The van der Waals surface area contributed by atoms with E-state index in [1.54, 1.807) is 12.1 Å². The zero-order valence-corrected chi connectivity index (χ0v) is 20.3. The highest BCUT2D eigenvalue weighted by atomic mass is 35.5. The molecule has 4 saturated carbocycles. The summed E-state index contributed by atoms with van der Waals surface area (Å²) in [6.45, 7) is 0.0760. The Morgan fingerprint density at radius 1 is 0.917 bits per heavy atom. The molecule has 8 rings (SSSR count). The van der Waals surface area contributed by atoms with Crippen LogP contribution in [-0.2, 0) is 15.0 Å². The van der Waals surface area contributed by atoms with Crippen molar-refractivity contribution >= 4 is 41.2 Å². The van der Waals surface area contributed by atoms with Gasteiger partial charge in [-0.2, -0.15) is 0 Å². The molecular weight excluding hydrogens is 480 g/mol. The van der Waals surface area contributed by atoms with Crippen LogP contribution in [0.25, 0.3) is 6.08 Å². The molecule has 0 aromatic heterocycles. The molecule has 0 unspecified atom stereocenters. The van der Waals surface area contributed by atoms with Crippen molar-refractivity contribution in [3.63, 3.8) is 0 Å². The Bertz CT molecular complexity index is 1310. The summed E-state index contributed by atoms with van der Waals surface area (Å²) in [5.41, 5.74) is 2.19. The SMILES string of the molecule is O=C1NC(=O)N(c2ccc(C34CC5CC(CC(C5)C3)C4)cc2)C(=O)/C1=C/c1cc2c(cc1Cl)OCO2. The minimum atomic E-state index is -0.764. The number of amides is 4. The lowest BCUT2D eigenvalue weighted by Gasteiger charge is -2.57. The lowest BCUT2D eigenvalue weighted by atomic mass is 9.48. The van der Waals surface area contributed by atoms with Crippen molar-refractivity contribution in [2.45, 2.75) is 43.9 Å². The molecule has 2 aromatic rings. The van der Waals surface area contributed by atoms with Crippen molar-refractivity contribution in [3.05, 3.63) is 58.1 Å². The molecule has 6 aliphatic rings. The van der Waals surface area contributed by atoms with Gasteiger partial charge in [0.25, 0.3) is 11.8 Å². The van der Waals surface area contributed by atoms with Crippen LogP contribution in [0.1, 0.15) is 49.7 Å². The summed E-state index contributed by atoms with van der Waals surface area (Å²) in [5.74, 6) is 1.99. The van der Waals surface area contributed by atoms with E-state index in [0.717, 1.165) is 22.7 Å². The van der Waals surface area contributed by atoms with Crippen molar-refractivity contribution in [2.75, 3.05) is 11.7 Å². The van der Waals surface area contributed by atoms with E-state index in [2.05, 4.69) is 17.4 Å². The van der Waals surface area contributed by atoms with Gasteiger partial charge in [-0.25, -0.2) is 9.69 Å². The maximum Gasteiger partial charge on any atom is 0.335 e. The largest absolute Gasteiger partial charge is 0.454 e. The highest BCUT2D eigenvalue weighted by Crippen LogP contribution is 2.60. The number of carbonyl (C=O) groups is 3. The first kappa shape index (κ1) is 21.9. The molecule has 1 saturated heterocycles. The van der Waals surface area contributed by atoms with Gasteiger partial charge in [0.2, 0.25) is 6.79 Å². The predicted octanol–water partition coefficient (Wildman–Crippen LogP) is 5.20. The van der Waals surface area contributed by atoms with Crippen molar-refractivity contribution < 1.29 is 23.9 Å². The number of hydrogen-bond acceptors (Lipinski definition) is 5. The Labute approximate surface area is 213 Å². The molecule has 8 heteroatoms. The molecule has 4 aliphatic carbocycles. The zero-order chi connectivity index (χ0) is 24.6. The molecule has 4 amide bonds. The topological polar surface area (TPSA) is 84.9 Å². The standard InChI is InChI=1S/C28H25ClN2O5/c29-22-10-24-23(35-14-36-24)9-18(22)8-21-25(32)30-27(34)31(26(21)33)20-3-1-19(2-4-20)28-11-15-5-16(12-28)7-17(6-15)13-28/h1-4,8-10,15-17H,5-7,11-14H2,(H,30,32,34)/b21-8+. The first-order chi connectivity index (χ1) is 17.4. The fourth-order valence-corrected chi connectivity index (χ4v) is 7.73. The number of nitrogens with zero attached hydrogens (tertiary/aromatic N) is 1. The van der Waals surface area contributed by atoms with Gasteiger partial charge in [-0.1, -0.05) is 23.7 Å². The zero-order valence-electron chi connectivity index (χ0n) is 19.6. The number of anilines is 1. The Kier molecular flexibility index (Phi) is 4.77. The number of imide groups is 2. The Morgan fingerprint density at radius 2 is 1.53 bits per heavy atom. The monoisotopic (exact) mass is 504 g/mol. The van der Waals surface area contributed by atoms with Crippen molar-refractivity contribution in [3.8, 4) is 11.5 Å².